The van der Waals surface area contributed by atoms with E-state index in [1.54, 1.807) is 7.05 Å². The molecule has 0 fully saturated rings. The number of hydrogen-bond donors (Lipinski definition) is 1. The minimum atomic E-state index is 0.103. The number of para-hydroxylation sites is 1. The largest absolute Gasteiger partial charge is 0.493 e. The lowest BCUT2D eigenvalue weighted by Crippen LogP contribution is -2.31. The van der Waals surface area contributed by atoms with E-state index in [1.807, 2.05) is 12.1 Å². The quantitative estimate of drug-likeness (QED) is 0.890. The summed E-state index contributed by atoms with van der Waals surface area (Å²) in [5.41, 5.74) is 1.30. The summed E-state index contributed by atoms with van der Waals surface area (Å²) in [5.74, 6) is 1.72. The minimum Gasteiger partial charge on any atom is -0.493 e. The van der Waals surface area contributed by atoms with Gasteiger partial charge >= 0.3 is 0 Å². The zero-order chi connectivity index (χ0) is 14.4. The number of nitrogens with zero attached hydrogens (tertiary/aromatic N) is 1. The minimum absolute atomic E-state index is 0.103. The van der Waals surface area contributed by atoms with E-state index < -0.39 is 0 Å². The first-order chi connectivity index (χ1) is 9.69. The van der Waals surface area contributed by atoms with Crippen LogP contribution < -0.4 is 10.1 Å². The third-order valence-electron chi connectivity index (χ3n) is 3.83. The van der Waals surface area contributed by atoms with Gasteiger partial charge in [-0.1, -0.05) is 18.2 Å². The summed E-state index contributed by atoms with van der Waals surface area (Å²) in [6, 6.07) is 8.29. The van der Waals surface area contributed by atoms with Gasteiger partial charge in [0.15, 0.2) is 0 Å². The molecular formula is C16H24N2O2. The Bertz CT molecular complexity index is 448. The maximum atomic E-state index is 11.3. The summed E-state index contributed by atoms with van der Waals surface area (Å²) in [6.45, 7) is 2.60. The molecule has 1 atom stereocenters. The van der Waals surface area contributed by atoms with Gasteiger partial charge in [-0.3, -0.25) is 4.79 Å². The zero-order valence-corrected chi connectivity index (χ0v) is 12.4. The number of rotatable bonds is 5. The number of carbonyl (C=O) groups excluding carboxylic acids is 1. The number of hydrogen-bond acceptors (Lipinski definition) is 3. The van der Waals surface area contributed by atoms with Crippen LogP contribution in [0.25, 0.3) is 0 Å². The van der Waals surface area contributed by atoms with Crippen LogP contribution >= 0.6 is 0 Å². The van der Waals surface area contributed by atoms with Crippen LogP contribution in [-0.2, 0) is 11.2 Å². The number of benzene rings is 1. The molecule has 1 amide bonds. The number of nitrogens with one attached hydrogen (secondary N) is 1. The van der Waals surface area contributed by atoms with E-state index in [-0.39, 0.29) is 5.91 Å². The van der Waals surface area contributed by atoms with Crippen LogP contribution in [0.1, 0.15) is 18.4 Å². The van der Waals surface area contributed by atoms with Crippen molar-refractivity contribution in [3.63, 3.8) is 0 Å². The highest BCUT2D eigenvalue weighted by Crippen LogP contribution is 2.26. The van der Waals surface area contributed by atoms with Crippen molar-refractivity contribution in [3.05, 3.63) is 29.8 Å². The molecule has 110 valence electrons. The molecule has 0 bridgehead atoms. The highest BCUT2D eigenvalue weighted by molar-refractivity contribution is 5.75. The second-order valence-electron chi connectivity index (χ2n) is 5.50. The van der Waals surface area contributed by atoms with Crippen molar-refractivity contribution >= 4 is 5.91 Å². The number of ether oxygens (including phenoxy) is 1. The Morgan fingerprint density at radius 1 is 1.45 bits per heavy atom. The van der Waals surface area contributed by atoms with E-state index in [1.165, 1.54) is 5.56 Å². The number of fused-ring (bicyclic) bond motifs is 1. The molecule has 1 aromatic rings. The lowest BCUT2D eigenvalue weighted by atomic mass is 9.96. The Morgan fingerprint density at radius 3 is 3.05 bits per heavy atom. The third-order valence-corrected chi connectivity index (χ3v) is 3.83. The Balaban J connectivity index is 1.86. The first-order valence-electron chi connectivity index (χ1n) is 7.29. The van der Waals surface area contributed by atoms with E-state index in [0.29, 0.717) is 12.3 Å². The van der Waals surface area contributed by atoms with Gasteiger partial charge in [0.25, 0.3) is 0 Å². The van der Waals surface area contributed by atoms with Gasteiger partial charge in [-0.25, -0.2) is 0 Å². The second-order valence-corrected chi connectivity index (χ2v) is 5.50. The van der Waals surface area contributed by atoms with E-state index in [9.17, 15) is 4.79 Å². The van der Waals surface area contributed by atoms with Gasteiger partial charge in [0.2, 0.25) is 5.91 Å². The number of amides is 1. The lowest BCUT2D eigenvalue weighted by Gasteiger charge is -2.22. The Hall–Kier alpha value is -1.55. The van der Waals surface area contributed by atoms with Gasteiger partial charge in [-0.2, -0.15) is 0 Å². The predicted molar refractivity (Wildman–Crippen MR) is 79.9 cm³/mol. The summed E-state index contributed by atoms with van der Waals surface area (Å²) in [4.78, 5) is 13.5. The fraction of sp³-hybridized carbons (Fsp3) is 0.562. The van der Waals surface area contributed by atoms with Crippen LogP contribution in [0.15, 0.2) is 24.3 Å². The van der Waals surface area contributed by atoms with Crippen molar-refractivity contribution in [1.29, 1.82) is 0 Å². The van der Waals surface area contributed by atoms with Gasteiger partial charge in [0.1, 0.15) is 5.75 Å². The molecule has 1 aliphatic heterocycles. The van der Waals surface area contributed by atoms with E-state index in [4.69, 9.17) is 4.74 Å². The predicted octanol–water partition coefficient (Wildman–Crippen LogP) is 1.70. The van der Waals surface area contributed by atoms with Gasteiger partial charge in [0, 0.05) is 26.6 Å². The van der Waals surface area contributed by atoms with Crippen LogP contribution in [0, 0.1) is 5.92 Å². The van der Waals surface area contributed by atoms with Gasteiger partial charge in [-0.05, 0) is 37.4 Å². The van der Waals surface area contributed by atoms with Gasteiger partial charge in [-0.15, -0.1) is 0 Å². The van der Waals surface area contributed by atoms with Crippen LogP contribution in [0.4, 0.5) is 0 Å². The Morgan fingerprint density at radius 2 is 2.25 bits per heavy atom. The summed E-state index contributed by atoms with van der Waals surface area (Å²) >= 11 is 0. The molecule has 0 radical (unpaired) electrons. The normalized spacial score (nSPS) is 18.1. The molecule has 4 nitrogen and oxygen atoms in total. The number of carbonyl (C=O) groups is 1. The highest BCUT2D eigenvalue weighted by atomic mass is 16.5. The van der Waals surface area contributed by atoms with Crippen molar-refractivity contribution < 1.29 is 9.53 Å². The Kier molecular flexibility index (Phi) is 5.41. The summed E-state index contributed by atoms with van der Waals surface area (Å²) < 4.78 is 5.79. The molecule has 1 heterocycles. The van der Waals surface area contributed by atoms with Crippen molar-refractivity contribution in [2.45, 2.75) is 19.3 Å². The fourth-order valence-corrected chi connectivity index (χ4v) is 2.67. The lowest BCUT2D eigenvalue weighted by molar-refractivity contribution is -0.120. The topological polar surface area (TPSA) is 41.6 Å². The van der Waals surface area contributed by atoms with E-state index in [0.717, 1.165) is 38.3 Å². The maximum Gasteiger partial charge on any atom is 0.221 e. The molecule has 0 aromatic heterocycles. The van der Waals surface area contributed by atoms with Crippen LogP contribution in [0.2, 0.25) is 0 Å². The van der Waals surface area contributed by atoms with Gasteiger partial charge in [0.05, 0.1) is 6.61 Å². The molecule has 1 N–H and O–H groups in total. The molecule has 20 heavy (non-hydrogen) atoms. The second kappa shape index (κ2) is 7.29. The van der Waals surface area contributed by atoms with Crippen LogP contribution in [0.5, 0.6) is 5.75 Å². The van der Waals surface area contributed by atoms with Crippen molar-refractivity contribution in [1.82, 2.24) is 10.2 Å². The first kappa shape index (κ1) is 14.9. The molecule has 0 unspecified atom stereocenters. The van der Waals surface area contributed by atoms with Crippen molar-refractivity contribution in [2.75, 3.05) is 33.8 Å². The van der Waals surface area contributed by atoms with Gasteiger partial charge < -0.3 is 15.0 Å². The highest BCUT2D eigenvalue weighted by Gasteiger charge is 2.18. The Labute approximate surface area is 121 Å². The third kappa shape index (κ3) is 4.23. The molecule has 1 aliphatic rings. The molecule has 0 saturated heterocycles. The average molecular weight is 276 g/mol. The SMILES string of the molecule is CNC(=O)CCN(C)C[C@@H]1CCOc2ccccc2C1. The fourth-order valence-electron chi connectivity index (χ4n) is 2.67. The average Bonchev–Trinajstić information content (AvgIpc) is 2.66. The van der Waals surface area contributed by atoms with Crippen molar-refractivity contribution in [2.24, 2.45) is 5.92 Å². The molecule has 0 spiro atoms. The summed E-state index contributed by atoms with van der Waals surface area (Å²) in [5, 5.41) is 2.66. The van der Waals surface area contributed by atoms with E-state index in [2.05, 4.69) is 29.4 Å². The molecule has 0 aliphatic carbocycles. The molecule has 0 saturated carbocycles. The van der Waals surface area contributed by atoms with E-state index >= 15 is 0 Å². The smallest absolute Gasteiger partial charge is 0.221 e. The molecule has 1 aromatic carbocycles. The zero-order valence-electron chi connectivity index (χ0n) is 12.4. The first-order valence-corrected chi connectivity index (χ1v) is 7.29. The molecular weight excluding hydrogens is 252 g/mol. The van der Waals surface area contributed by atoms with Crippen LogP contribution in [0.3, 0.4) is 0 Å². The van der Waals surface area contributed by atoms with Crippen LogP contribution in [-0.4, -0.2) is 44.6 Å². The monoisotopic (exact) mass is 276 g/mol. The molecule has 2 rings (SSSR count). The maximum absolute atomic E-state index is 11.3. The standard InChI is InChI=1S/C16H24N2O2/c1-17-16(19)7-9-18(2)12-13-8-10-20-15-6-4-3-5-14(15)11-13/h3-6,13H,7-12H2,1-2H3,(H,17,19)/t13-/m1/s1. The summed E-state index contributed by atoms with van der Waals surface area (Å²) in [7, 11) is 3.77. The summed E-state index contributed by atoms with van der Waals surface area (Å²) in [6.07, 6.45) is 2.69. The van der Waals surface area contributed by atoms with Crippen molar-refractivity contribution in [3.8, 4) is 5.75 Å². The molecule has 4 heteroatoms.